The first kappa shape index (κ1) is 23.0. The number of carbonyl (C=O) groups excluding carboxylic acids is 1. The normalized spacial score (nSPS) is 21.2. The summed E-state index contributed by atoms with van der Waals surface area (Å²) in [5.74, 6) is -1.13. The standard InChI is InChI=1S/C21H18F4N4O3S/c22-16-10-14(7-8-19(16)33(27,31)32)29-18-4-2-1-3-17(18)28(20(29)30)13-6-5-12(11-26)15(9-13)21(23,24)25/h5-10,17-18H,1-4H2,(H2,27,31,32). The maximum absolute atomic E-state index is 14.5. The van der Waals surface area contributed by atoms with Crippen molar-refractivity contribution in [2.45, 2.75) is 48.8 Å². The van der Waals surface area contributed by atoms with Gasteiger partial charge in [0.2, 0.25) is 10.0 Å². The monoisotopic (exact) mass is 482 g/mol. The third-order valence-electron chi connectivity index (χ3n) is 5.98. The van der Waals surface area contributed by atoms with E-state index < -0.39 is 56.2 Å². The van der Waals surface area contributed by atoms with Gasteiger partial charge in [-0.2, -0.15) is 18.4 Å². The van der Waals surface area contributed by atoms with Crippen LogP contribution in [0.15, 0.2) is 41.3 Å². The lowest BCUT2D eigenvalue weighted by Crippen LogP contribution is -2.40. The number of anilines is 2. The van der Waals surface area contributed by atoms with Gasteiger partial charge in [-0.15, -0.1) is 0 Å². The summed E-state index contributed by atoms with van der Waals surface area (Å²) in [5, 5.41) is 14.0. The van der Waals surface area contributed by atoms with E-state index >= 15 is 0 Å². The van der Waals surface area contributed by atoms with Gasteiger partial charge in [-0.3, -0.25) is 9.80 Å². The van der Waals surface area contributed by atoms with Crippen molar-refractivity contribution in [3.8, 4) is 6.07 Å². The molecule has 0 aromatic heterocycles. The van der Waals surface area contributed by atoms with Crippen LogP contribution in [0.2, 0.25) is 0 Å². The summed E-state index contributed by atoms with van der Waals surface area (Å²) in [5.41, 5.74) is -1.65. The highest BCUT2D eigenvalue weighted by Gasteiger charge is 2.48. The Hall–Kier alpha value is -3.17. The predicted octanol–water partition coefficient (Wildman–Crippen LogP) is 4.12. The van der Waals surface area contributed by atoms with Gasteiger partial charge in [-0.1, -0.05) is 12.8 Å². The van der Waals surface area contributed by atoms with E-state index in [2.05, 4.69) is 0 Å². The lowest BCUT2D eigenvalue weighted by molar-refractivity contribution is -0.137. The molecule has 7 nitrogen and oxygen atoms in total. The number of carbonyl (C=O) groups is 1. The number of nitrogens with zero attached hydrogens (tertiary/aromatic N) is 3. The number of primary sulfonamides is 1. The molecule has 4 rings (SSSR count). The van der Waals surface area contributed by atoms with E-state index in [9.17, 15) is 30.8 Å². The molecule has 12 heteroatoms. The molecule has 0 radical (unpaired) electrons. The fraction of sp³-hybridized carbons (Fsp3) is 0.333. The van der Waals surface area contributed by atoms with Gasteiger partial charge in [-0.25, -0.2) is 22.7 Å². The largest absolute Gasteiger partial charge is 0.417 e. The van der Waals surface area contributed by atoms with Gasteiger partial charge in [0.1, 0.15) is 10.7 Å². The van der Waals surface area contributed by atoms with Gasteiger partial charge in [0.15, 0.2) is 0 Å². The van der Waals surface area contributed by atoms with E-state index in [0.29, 0.717) is 12.8 Å². The van der Waals surface area contributed by atoms with Crippen molar-refractivity contribution in [1.29, 1.82) is 5.26 Å². The number of halogens is 4. The lowest BCUT2D eigenvalue weighted by Gasteiger charge is -2.32. The van der Waals surface area contributed by atoms with Gasteiger partial charge in [0.25, 0.3) is 0 Å². The van der Waals surface area contributed by atoms with Crippen LogP contribution in [0.25, 0.3) is 0 Å². The number of urea groups is 1. The fourth-order valence-electron chi connectivity index (χ4n) is 4.58. The Balaban J connectivity index is 1.80. The van der Waals surface area contributed by atoms with Gasteiger partial charge < -0.3 is 0 Å². The maximum atomic E-state index is 14.5. The van der Waals surface area contributed by atoms with Crippen molar-refractivity contribution >= 4 is 27.4 Å². The number of nitrogens with two attached hydrogens (primary N) is 1. The number of nitriles is 1. The van der Waals surface area contributed by atoms with Crippen LogP contribution < -0.4 is 14.9 Å². The van der Waals surface area contributed by atoms with Crippen LogP contribution in [0.1, 0.15) is 36.8 Å². The Morgan fingerprint density at radius 2 is 1.55 bits per heavy atom. The van der Waals surface area contributed by atoms with Crippen LogP contribution in [-0.2, 0) is 16.2 Å². The molecule has 2 atom stereocenters. The minimum atomic E-state index is -4.79. The summed E-state index contributed by atoms with van der Waals surface area (Å²) in [6, 6.07) is 6.09. The molecule has 2 aliphatic rings. The number of sulfonamides is 1. The number of rotatable bonds is 3. The molecule has 33 heavy (non-hydrogen) atoms. The van der Waals surface area contributed by atoms with Crippen LogP contribution in [0.3, 0.4) is 0 Å². The lowest BCUT2D eigenvalue weighted by atomic mass is 9.89. The smallest absolute Gasteiger partial charge is 0.289 e. The summed E-state index contributed by atoms with van der Waals surface area (Å²) < 4.78 is 78.0. The summed E-state index contributed by atoms with van der Waals surface area (Å²) >= 11 is 0. The van der Waals surface area contributed by atoms with Gasteiger partial charge in [-0.05, 0) is 49.2 Å². The SMILES string of the molecule is N#Cc1ccc(N2C(=O)N(c3ccc(S(N)(=O)=O)c(F)c3)C3CCCCC32)cc1C(F)(F)F. The first-order valence-corrected chi connectivity index (χ1v) is 11.5. The highest BCUT2D eigenvalue weighted by molar-refractivity contribution is 7.89. The summed E-state index contributed by atoms with van der Waals surface area (Å²) in [6.45, 7) is 0. The molecule has 2 fully saturated rings. The first-order chi connectivity index (χ1) is 15.4. The molecule has 2 N–H and O–H groups in total. The van der Waals surface area contributed by atoms with Crippen molar-refractivity contribution in [2.24, 2.45) is 5.14 Å². The Kier molecular flexibility index (Phi) is 5.58. The second kappa shape index (κ2) is 8.00. The van der Waals surface area contributed by atoms with Gasteiger partial charge >= 0.3 is 12.2 Å². The molecule has 2 unspecified atom stereocenters. The summed E-state index contributed by atoms with van der Waals surface area (Å²) in [4.78, 5) is 15.2. The molecule has 1 aliphatic carbocycles. The molecule has 2 amide bonds. The average molecular weight is 482 g/mol. The summed E-state index contributed by atoms with van der Waals surface area (Å²) in [6.07, 6.45) is -2.22. The Morgan fingerprint density at radius 3 is 2.03 bits per heavy atom. The maximum Gasteiger partial charge on any atom is 0.417 e. The number of amides is 2. The predicted molar refractivity (Wildman–Crippen MR) is 110 cm³/mol. The van der Waals surface area contributed by atoms with E-state index in [4.69, 9.17) is 10.4 Å². The molecule has 0 spiro atoms. The third-order valence-corrected chi connectivity index (χ3v) is 6.92. The van der Waals surface area contributed by atoms with Crippen LogP contribution in [-0.4, -0.2) is 26.5 Å². The second-order valence-corrected chi connectivity index (χ2v) is 9.47. The molecular formula is C21H18F4N4O3S. The molecule has 1 saturated carbocycles. The molecule has 174 valence electrons. The molecule has 1 saturated heterocycles. The topological polar surface area (TPSA) is 108 Å². The minimum absolute atomic E-state index is 0.0210. The number of fused-ring (bicyclic) bond motifs is 1. The zero-order valence-corrected chi connectivity index (χ0v) is 17.8. The average Bonchev–Trinajstić information content (AvgIpc) is 3.03. The summed E-state index contributed by atoms with van der Waals surface area (Å²) in [7, 11) is -4.31. The van der Waals surface area contributed by atoms with Crippen molar-refractivity contribution in [2.75, 3.05) is 9.80 Å². The Morgan fingerprint density at radius 1 is 1.00 bits per heavy atom. The van der Waals surface area contributed by atoms with Gasteiger partial charge in [0, 0.05) is 11.4 Å². The number of benzene rings is 2. The zero-order valence-electron chi connectivity index (χ0n) is 17.0. The third kappa shape index (κ3) is 4.02. The Labute approximate surface area is 187 Å². The van der Waals surface area contributed by atoms with Crippen LogP contribution in [0.4, 0.5) is 33.7 Å². The van der Waals surface area contributed by atoms with Crippen LogP contribution >= 0.6 is 0 Å². The van der Waals surface area contributed by atoms with E-state index in [1.807, 2.05) is 0 Å². The number of hydrogen-bond acceptors (Lipinski definition) is 4. The molecule has 1 aliphatic heterocycles. The van der Waals surface area contributed by atoms with E-state index in [0.717, 1.165) is 37.1 Å². The van der Waals surface area contributed by atoms with Crippen molar-refractivity contribution in [3.63, 3.8) is 0 Å². The second-order valence-electron chi connectivity index (χ2n) is 7.94. The highest BCUT2D eigenvalue weighted by Crippen LogP contribution is 2.42. The van der Waals surface area contributed by atoms with Crippen molar-refractivity contribution < 1.29 is 30.8 Å². The molecule has 0 bridgehead atoms. The van der Waals surface area contributed by atoms with Crippen LogP contribution in [0.5, 0.6) is 0 Å². The minimum Gasteiger partial charge on any atom is -0.289 e. The number of hydrogen-bond donors (Lipinski definition) is 1. The van der Waals surface area contributed by atoms with Gasteiger partial charge in [0.05, 0.1) is 29.3 Å². The zero-order chi connectivity index (χ0) is 24.1. The van der Waals surface area contributed by atoms with Crippen LogP contribution in [0, 0.1) is 17.1 Å². The first-order valence-electron chi connectivity index (χ1n) is 9.99. The molecule has 1 heterocycles. The van der Waals surface area contributed by atoms with Crippen molar-refractivity contribution in [3.05, 3.63) is 53.3 Å². The molecular weight excluding hydrogens is 464 g/mol. The highest BCUT2D eigenvalue weighted by atomic mass is 32.2. The van der Waals surface area contributed by atoms with E-state index in [-0.39, 0.29) is 11.4 Å². The Bertz CT molecular complexity index is 1270. The van der Waals surface area contributed by atoms with E-state index in [1.54, 1.807) is 0 Å². The van der Waals surface area contributed by atoms with Crippen molar-refractivity contribution in [1.82, 2.24) is 0 Å². The molecule has 2 aromatic carbocycles. The number of alkyl halides is 3. The quantitative estimate of drug-likeness (QED) is 0.664. The fourth-order valence-corrected chi connectivity index (χ4v) is 5.17. The molecule has 2 aromatic rings. The van der Waals surface area contributed by atoms with E-state index in [1.165, 1.54) is 28.0 Å².